The smallest absolute Gasteiger partial charge is 0.218 e. The quantitative estimate of drug-likeness (QED) is 0.924. The molecule has 1 N–H and O–H groups in total. The molecule has 0 bridgehead atoms. The van der Waals surface area contributed by atoms with Crippen molar-refractivity contribution in [1.82, 2.24) is 4.31 Å². The van der Waals surface area contributed by atoms with E-state index in [1.807, 2.05) is 0 Å². The average Bonchev–Trinajstić information content (AvgIpc) is 2.41. The highest BCUT2D eigenvalue weighted by Crippen LogP contribution is 2.23. The second-order valence-corrected chi connectivity index (χ2v) is 7.25. The molecule has 1 aliphatic rings. The lowest BCUT2D eigenvalue weighted by molar-refractivity contribution is 0.170. The van der Waals surface area contributed by atoms with E-state index in [9.17, 15) is 8.42 Å². The Morgan fingerprint density at radius 3 is 2.47 bits per heavy atom. The van der Waals surface area contributed by atoms with Crippen LogP contribution in [0.3, 0.4) is 0 Å². The van der Waals surface area contributed by atoms with Crippen molar-refractivity contribution in [3.8, 4) is 0 Å². The molecule has 0 unspecified atom stereocenters. The van der Waals surface area contributed by atoms with Gasteiger partial charge in [-0.2, -0.15) is 0 Å². The van der Waals surface area contributed by atoms with Gasteiger partial charge in [0.1, 0.15) is 0 Å². The van der Waals surface area contributed by atoms with Crippen molar-refractivity contribution in [1.29, 1.82) is 0 Å². The molecule has 0 aromatic heterocycles. The normalized spacial score (nSPS) is 18.6. The van der Waals surface area contributed by atoms with E-state index in [0.29, 0.717) is 23.7 Å². The number of hydrogen-bond acceptors (Lipinski definition) is 3. The van der Waals surface area contributed by atoms with Gasteiger partial charge in [-0.15, -0.1) is 0 Å². The summed E-state index contributed by atoms with van der Waals surface area (Å²) in [5.41, 5.74) is 0.633. The molecule has 1 aromatic rings. The van der Waals surface area contributed by atoms with Gasteiger partial charge in [-0.05, 0) is 30.4 Å². The lowest BCUT2D eigenvalue weighted by Crippen LogP contribution is -2.39. The topological polar surface area (TPSA) is 57.6 Å². The average molecular weight is 304 g/mol. The number of rotatable bonds is 4. The number of aliphatic hydroxyl groups is 1. The molecule has 0 amide bonds. The maximum Gasteiger partial charge on any atom is 0.218 e. The van der Waals surface area contributed by atoms with Crippen LogP contribution in [0.15, 0.2) is 24.3 Å². The van der Waals surface area contributed by atoms with Crippen LogP contribution in [0.25, 0.3) is 0 Å². The predicted molar refractivity (Wildman–Crippen MR) is 75.5 cm³/mol. The molecular weight excluding hydrogens is 286 g/mol. The highest BCUT2D eigenvalue weighted by molar-refractivity contribution is 7.88. The number of halogens is 1. The van der Waals surface area contributed by atoms with Crippen molar-refractivity contribution in [2.75, 3.05) is 19.7 Å². The molecule has 1 aliphatic heterocycles. The second-order valence-electron chi connectivity index (χ2n) is 4.87. The fourth-order valence-corrected chi connectivity index (χ4v) is 4.15. The summed E-state index contributed by atoms with van der Waals surface area (Å²) >= 11 is 6.00. The zero-order valence-corrected chi connectivity index (χ0v) is 12.2. The number of hydrogen-bond donors (Lipinski definition) is 1. The van der Waals surface area contributed by atoms with Crippen LogP contribution in [0.5, 0.6) is 0 Å². The molecule has 1 saturated heterocycles. The van der Waals surface area contributed by atoms with E-state index in [4.69, 9.17) is 16.7 Å². The number of aliphatic hydroxyl groups excluding tert-OH is 1. The Labute approximate surface area is 119 Å². The summed E-state index contributed by atoms with van der Waals surface area (Å²) in [6.45, 7) is 1.11. The van der Waals surface area contributed by atoms with Crippen LogP contribution in [0.4, 0.5) is 0 Å². The van der Waals surface area contributed by atoms with Crippen molar-refractivity contribution < 1.29 is 13.5 Å². The first-order valence-electron chi connectivity index (χ1n) is 6.35. The van der Waals surface area contributed by atoms with Crippen LogP contribution in [0, 0.1) is 5.92 Å². The monoisotopic (exact) mass is 303 g/mol. The van der Waals surface area contributed by atoms with Crippen LogP contribution >= 0.6 is 11.6 Å². The van der Waals surface area contributed by atoms with Gasteiger partial charge in [-0.3, -0.25) is 0 Å². The third-order valence-electron chi connectivity index (χ3n) is 3.52. The number of benzene rings is 1. The first kappa shape index (κ1) is 14.8. The SMILES string of the molecule is O=S(=O)(Cc1ccccc1Cl)N1CCC(CO)CC1. The van der Waals surface area contributed by atoms with Gasteiger partial charge in [0.2, 0.25) is 10.0 Å². The van der Waals surface area contributed by atoms with Gasteiger partial charge in [0.25, 0.3) is 0 Å². The molecule has 1 aromatic carbocycles. The lowest BCUT2D eigenvalue weighted by Gasteiger charge is -2.30. The second kappa shape index (κ2) is 6.22. The summed E-state index contributed by atoms with van der Waals surface area (Å²) < 4.78 is 26.1. The van der Waals surface area contributed by atoms with Gasteiger partial charge in [0.15, 0.2) is 0 Å². The molecule has 19 heavy (non-hydrogen) atoms. The van der Waals surface area contributed by atoms with Crippen molar-refractivity contribution in [3.63, 3.8) is 0 Å². The van der Waals surface area contributed by atoms with E-state index in [0.717, 1.165) is 12.8 Å². The fraction of sp³-hybridized carbons (Fsp3) is 0.538. The minimum absolute atomic E-state index is 0.0591. The Balaban J connectivity index is 2.05. The Bertz CT molecular complexity index is 524. The zero-order valence-electron chi connectivity index (χ0n) is 10.6. The molecule has 0 aliphatic carbocycles. The zero-order chi connectivity index (χ0) is 13.9. The Morgan fingerprint density at radius 2 is 1.89 bits per heavy atom. The van der Waals surface area contributed by atoms with Crippen molar-refractivity contribution in [2.24, 2.45) is 5.92 Å². The van der Waals surface area contributed by atoms with Gasteiger partial charge in [-0.25, -0.2) is 12.7 Å². The number of piperidine rings is 1. The van der Waals surface area contributed by atoms with E-state index in [-0.39, 0.29) is 18.3 Å². The molecule has 6 heteroatoms. The Hall–Kier alpha value is -0.620. The first-order valence-corrected chi connectivity index (χ1v) is 8.34. The Morgan fingerprint density at radius 1 is 1.26 bits per heavy atom. The highest BCUT2D eigenvalue weighted by atomic mass is 35.5. The van der Waals surface area contributed by atoms with E-state index in [2.05, 4.69) is 0 Å². The van der Waals surface area contributed by atoms with Crippen molar-refractivity contribution in [3.05, 3.63) is 34.9 Å². The molecule has 4 nitrogen and oxygen atoms in total. The van der Waals surface area contributed by atoms with E-state index < -0.39 is 10.0 Å². The molecule has 0 spiro atoms. The van der Waals surface area contributed by atoms with Crippen LogP contribution in [-0.4, -0.2) is 37.5 Å². The van der Waals surface area contributed by atoms with Crippen LogP contribution in [-0.2, 0) is 15.8 Å². The molecule has 2 rings (SSSR count). The summed E-state index contributed by atoms with van der Waals surface area (Å²) in [7, 11) is -3.32. The molecule has 106 valence electrons. The van der Waals surface area contributed by atoms with Crippen LogP contribution in [0.2, 0.25) is 5.02 Å². The summed E-state index contributed by atoms with van der Waals surface area (Å²) in [5.74, 6) is 0.169. The molecule has 0 atom stereocenters. The van der Waals surface area contributed by atoms with Gasteiger partial charge < -0.3 is 5.11 Å². The maximum atomic E-state index is 12.3. The van der Waals surface area contributed by atoms with Gasteiger partial charge in [0, 0.05) is 24.7 Å². The predicted octanol–water partition coefficient (Wildman–Crippen LogP) is 1.87. The van der Waals surface area contributed by atoms with Gasteiger partial charge in [-0.1, -0.05) is 29.8 Å². The van der Waals surface area contributed by atoms with Crippen LogP contribution < -0.4 is 0 Å². The maximum absolute atomic E-state index is 12.3. The minimum Gasteiger partial charge on any atom is -0.396 e. The van der Waals surface area contributed by atoms with E-state index in [1.54, 1.807) is 24.3 Å². The molecular formula is C13H18ClNO3S. The van der Waals surface area contributed by atoms with Crippen molar-refractivity contribution >= 4 is 21.6 Å². The molecule has 0 saturated carbocycles. The molecule has 1 fully saturated rings. The number of nitrogens with zero attached hydrogens (tertiary/aromatic N) is 1. The third kappa shape index (κ3) is 3.69. The standard InChI is InChI=1S/C13H18ClNO3S/c14-13-4-2-1-3-12(13)10-19(17,18)15-7-5-11(9-16)6-8-15/h1-4,11,16H,5-10H2. The van der Waals surface area contributed by atoms with Crippen molar-refractivity contribution in [2.45, 2.75) is 18.6 Å². The minimum atomic E-state index is -3.32. The summed E-state index contributed by atoms with van der Waals surface area (Å²) in [6.07, 6.45) is 1.44. The first-order chi connectivity index (χ1) is 9.03. The lowest BCUT2D eigenvalue weighted by atomic mass is 10.00. The third-order valence-corrected chi connectivity index (χ3v) is 5.72. The summed E-state index contributed by atoms with van der Waals surface area (Å²) in [5, 5.41) is 9.55. The largest absolute Gasteiger partial charge is 0.396 e. The molecule has 1 heterocycles. The highest BCUT2D eigenvalue weighted by Gasteiger charge is 2.28. The molecule has 0 radical (unpaired) electrons. The van der Waals surface area contributed by atoms with Crippen LogP contribution in [0.1, 0.15) is 18.4 Å². The summed E-state index contributed by atoms with van der Waals surface area (Å²) in [6, 6.07) is 7.00. The number of sulfonamides is 1. The van der Waals surface area contributed by atoms with Gasteiger partial charge >= 0.3 is 0 Å². The van der Waals surface area contributed by atoms with E-state index in [1.165, 1.54) is 4.31 Å². The summed E-state index contributed by atoms with van der Waals surface area (Å²) in [4.78, 5) is 0. The van der Waals surface area contributed by atoms with Gasteiger partial charge in [0.05, 0.1) is 5.75 Å². The van der Waals surface area contributed by atoms with E-state index >= 15 is 0 Å². The Kier molecular flexibility index (Phi) is 4.84. The fourth-order valence-electron chi connectivity index (χ4n) is 2.27.